The fourth-order valence-corrected chi connectivity index (χ4v) is 2.55. The van der Waals surface area contributed by atoms with Gasteiger partial charge in [-0.15, -0.1) is 0 Å². The molecule has 6 heteroatoms. The highest BCUT2D eigenvalue weighted by atomic mass is 79.9. The minimum atomic E-state index is -1.47. The quantitative estimate of drug-likeness (QED) is 0.902. The van der Waals surface area contributed by atoms with E-state index in [9.17, 15) is 13.9 Å². The summed E-state index contributed by atoms with van der Waals surface area (Å²) >= 11 is 3.26. The molecule has 1 N–H and O–H groups in total. The first-order valence-corrected chi connectivity index (χ1v) is 6.82. The summed E-state index contributed by atoms with van der Waals surface area (Å²) in [5.74, 6) is -0.839. The maximum Gasteiger partial charge on any atom is 0.161 e. The molecule has 21 heavy (non-hydrogen) atoms. The summed E-state index contributed by atoms with van der Waals surface area (Å²) in [6, 6.07) is 6.47. The second-order valence-electron chi connectivity index (χ2n) is 4.27. The Bertz CT molecular complexity index is 641. The predicted octanol–water partition coefficient (Wildman–Crippen LogP) is 3.83. The van der Waals surface area contributed by atoms with Crippen LogP contribution in [0.1, 0.15) is 17.2 Å². The van der Waals surface area contributed by atoms with Gasteiger partial charge in [0.25, 0.3) is 0 Å². The Morgan fingerprint density at radius 3 is 2.10 bits per heavy atom. The van der Waals surface area contributed by atoms with E-state index in [0.29, 0.717) is 16.0 Å². The number of hydrogen-bond donors (Lipinski definition) is 1. The first-order chi connectivity index (χ1) is 9.99. The Morgan fingerprint density at radius 1 is 1.05 bits per heavy atom. The Morgan fingerprint density at radius 2 is 1.57 bits per heavy atom. The highest BCUT2D eigenvalue weighted by Gasteiger charge is 2.23. The van der Waals surface area contributed by atoms with Crippen molar-refractivity contribution in [1.82, 2.24) is 0 Å². The number of rotatable bonds is 4. The van der Waals surface area contributed by atoms with E-state index in [0.717, 1.165) is 12.1 Å². The molecule has 0 spiro atoms. The molecule has 0 saturated heterocycles. The van der Waals surface area contributed by atoms with Crippen molar-refractivity contribution in [1.29, 1.82) is 0 Å². The topological polar surface area (TPSA) is 38.7 Å². The lowest BCUT2D eigenvalue weighted by Crippen LogP contribution is -2.07. The fraction of sp³-hybridized carbons (Fsp3) is 0.200. The first kappa shape index (κ1) is 15.7. The van der Waals surface area contributed by atoms with Crippen molar-refractivity contribution in [3.8, 4) is 11.5 Å². The van der Waals surface area contributed by atoms with E-state index in [1.54, 1.807) is 6.07 Å². The molecule has 0 radical (unpaired) electrons. The van der Waals surface area contributed by atoms with Gasteiger partial charge in [-0.2, -0.15) is 0 Å². The average Bonchev–Trinajstić information content (AvgIpc) is 2.46. The Balaban J connectivity index is 2.56. The number of halogens is 3. The molecule has 0 aliphatic rings. The zero-order valence-corrected chi connectivity index (χ0v) is 12.9. The third-order valence-electron chi connectivity index (χ3n) is 3.07. The van der Waals surface area contributed by atoms with Crippen LogP contribution in [0, 0.1) is 11.6 Å². The minimum absolute atomic E-state index is 0.275. The maximum absolute atomic E-state index is 13.8. The lowest BCUT2D eigenvalue weighted by Gasteiger charge is -2.17. The van der Waals surface area contributed by atoms with E-state index in [2.05, 4.69) is 15.9 Å². The van der Waals surface area contributed by atoms with Crippen LogP contribution >= 0.6 is 15.9 Å². The second kappa shape index (κ2) is 6.41. The summed E-state index contributed by atoms with van der Waals surface area (Å²) in [5.41, 5.74) is -0.137. The Labute approximate surface area is 129 Å². The molecule has 2 aromatic rings. The molecule has 0 bridgehead atoms. The molecule has 0 aliphatic heterocycles. The van der Waals surface area contributed by atoms with Gasteiger partial charge in [-0.25, -0.2) is 8.78 Å². The van der Waals surface area contributed by atoms with Crippen LogP contribution in [-0.4, -0.2) is 19.3 Å². The molecule has 112 valence electrons. The zero-order valence-electron chi connectivity index (χ0n) is 11.4. The van der Waals surface area contributed by atoms with E-state index < -0.39 is 23.3 Å². The van der Waals surface area contributed by atoms with E-state index in [-0.39, 0.29) is 5.56 Å². The Kier molecular flexibility index (Phi) is 4.80. The third kappa shape index (κ3) is 3.01. The van der Waals surface area contributed by atoms with Crippen LogP contribution in [0.3, 0.4) is 0 Å². The zero-order chi connectivity index (χ0) is 15.6. The van der Waals surface area contributed by atoms with E-state index >= 15 is 0 Å². The molecule has 0 aromatic heterocycles. The molecular formula is C15H13BrF2O3. The van der Waals surface area contributed by atoms with Crippen LogP contribution in [0.5, 0.6) is 11.5 Å². The molecule has 3 nitrogen and oxygen atoms in total. The molecule has 1 unspecified atom stereocenters. The number of aliphatic hydroxyl groups excluding tert-OH is 1. The van der Waals surface area contributed by atoms with Gasteiger partial charge in [-0.3, -0.25) is 0 Å². The van der Waals surface area contributed by atoms with Gasteiger partial charge in [0, 0.05) is 10.0 Å². The van der Waals surface area contributed by atoms with Crippen molar-refractivity contribution < 1.29 is 23.4 Å². The van der Waals surface area contributed by atoms with Gasteiger partial charge in [-0.05, 0) is 24.3 Å². The SMILES string of the molecule is COc1cc(Br)c(C(O)c2c(F)cccc2F)cc1OC. The smallest absolute Gasteiger partial charge is 0.161 e. The Hall–Kier alpha value is -1.66. The molecule has 0 fully saturated rings. The average molecular weight is 359 g/mol. The van der Waals surface area contributed by atoms with Crippen LogP contribution in [-0.2, 0) is 0 Å². The standard InChI is InChI=1S/C15H13BrF2O3/c1-20-12-6-8(9(16)7-13(12)21-2)15(19)14-10(17)4-3-5-11(14)18/h3-7,15,19H,1-2H3. The van der Waals surface area contributed by atoms with Crippen molar-refractivity contribution >= 4 is 15.9 Å². The maximum atomic E-state index is 13.8. The van der Waals surface area contributed by atoms with Crippen molar-refractivity contribution in [3.63, 3.8) is 0 Å². The minimum Gasteiger partial charge on any atom is -0.493 e. The summed E-state index contributed by atoms with van der Waals surface area (Å²) in [6.07, 6.45) is -1.47. The van der Waals surface area contributed by atoms with Crippen LogP contribution in [0.2, 0.25) is 0 Å². The lowest BCUT2D eigenvalue weighted by atomic mass is 10.00. The van der Waals surface area contributed by atoms with Crippen LogP contribution < -0.4 is 9.47 Å². The monoisotopic (exact) mass is 358 g/mol. The van der Waals surface area contributed by atoms with Gasteiger partial charge in [0.15, 0.2) is 11.5 Å². The molecule has 0 saturated carbocycles. The molecule has 2 aromatic carbocycles. The number of aliphatic hydroxyl groups is 1. The molecule has 1 atom stereocenters. The highest BCUT2D eigenvalue weighted by Crippen LogP contribution is 2.38. The molecular weight excluding hydrogens is 346 g/mol. The van der Waals surface area contributed by atoms with Gasteiger partial charge >= 0.3 is 0 Å². The van der Waals surface area contributed by atoms with Gasteiger partial charge in [-0.1, -0.05) is 22.0 Å². The number of methoxy groups -OCH3 is 2. The normalized spacial score (nSPS) is 12.1. The van der Waals surface area contributed by atoms with Crippen LogP contribution in [0.25, 0.3) is 0 Å². The second-order valence-corrected chi connectivity index (χ2v) is 5.12. The van der Waals surface area contributed by atoms with Crippen LogP contribution in [0.4, 0.5) is 8.78 Å². The van der Waals surface area contributed by atoms with Gasteiger partial charge in [0.05, 0.1) is 19.8 Å². The number of ether oxygens (including phenoxy) is 2. The lowest BCUT2D eigenvalue weighted by molar-refractivity contribution is 0.207. The largest absolute Gasteiger partial charge is 0.493 e. The highest BCUT2D eigenvalue weighted by molar-refractivity contribution is 9.10. The number of hydrogen-bond acceptors (Lipinski definition) is 3. The first-order valence-electron chi connectivity index (χ1n) is 6.03. The van der Waals surface area contributed by atoms with Crippen molar-refractivity contribution in [3.05, 3.63) is 57.6 Å². The predicted molar refractivity (Wildman–Crippen MR) is 77.7 cm³/mol. The summed E-state index contributed by atoms with van der Waals surface area (Å²) in [5, 5.41) is 10.3. The van der Waals surface area contributed by atoms with E-state index in [4.69, 9.17) is 9.47 Å². The summed E-state index contributed by atoms with van der Waals surface area (Å²) in [4.78, 5) is 0. The molecule has 0 heterocycles. The van der Waals surface area contributed by atoms with Gasteiger partial charge < -0.3 is 14.6 Å². The third-order valence-corrected chi connectivity index (χ3v) is 3.76. The summed E-state index contributed by atoms with van der Waals surface area (Å²) in [7, 11) is 2.91. The fourth-order valence-electron chi connectivity index (χ4n) is 2.01. The van der Waals surface area contributed by atoms with Gasteiger partial charge in [0.2, 0.25) is 0 Å². The van der Waals surface area contributed by atoms with Crippen molar-refractivity contribution in [2.75, 3.05) is 14.2 Å². The van der Waals surface area contributed by atoms with E-state index in [1.807, 2.05) is 0 Å². The van der Waals surface area contributed by atoms with E-state index in [1.165, 1.54) is 26.4 Å². The van der Waals surface area contributed by atoms with Gasteiger partial charge in [0.1, 0.15) is 17.7 Å². The molecule has 0 aliphatic carbocycles. The van der Waals surface area contributed by atoms with Crippen molar-refractivity contribution in [2.24, 2.45) is 0 Å². The van der Waals surface area contributed by atoms with Crippen LogP contribution in [0.15, 0.2) is 34.8 Å². The summed E-state index contributed by atoms with van der Waals surface area (Å²) < 4.78 is 38.3. The molecule has 2 rings (SSSR count). The number of benzene rings is 2. The molecule has 0 amide bonds. The van der Waals surface area contributed by atoms with Crippen molar-refractivity contribution in [2.45, 2.75) is 6.10 Å². The summed E-state index contributed by atoms with van der Waals surface area (Å²) in [6.45, 7) is 0.